The highest BCUT2D eigenvalue weighted by Crippen LogP contribution is 2.50. The lowest BCUT2D eigenvalue weighted by Gasteiger charge is -2.37. The molecule has 7 nitrogen and oxygen atoms in total. The number of carbonyl (C=O) groups is 4. The highest BCUT2D eigenvalue weighted by atomic mass is 32.2. The van der Waals surface area contributed by atoms with E-state index < -0.39 is 39.4 Å². The van der Waals surface area contributed by atoms with Crippen molar-refractivity contribution in [3.8, 4) is 0 Å². The van der Waals surface area contributed by atoms with Crippen LogP contribution in [-0.4, -0.2) is 53.1 Å². The number of ketones is 1. The molecular weight excluding hydrogens is 831 g/mol. The maximum Gasteiger partial charge on any atom is 0.244 e. The van der Waals surface area contributed by atoms with E-state index in [1.54, 1.807) is 23.5 Å². The predicted octanol–water partition coefficient (Wildman–Crippen LogP) is 10.3. The van der Waals surface area contributed by atoms with Crippen molar-refractivity contribution in [2.24, 2.45) is 5.92 Å². The highest BCUT2D eigenvalue weighted by molar-refractivity contribution is 8.01. The van der Waals surface area contributed by atoms with Gasteiger partial charge in [0.2, 0.25) is 17.7 Å². The van der Waals surface area contributed by atoms with Crippen LogP contribution in [0.25, 0.3) is 0 Å². The van der Waals surface area contributed by atoms with Gasteiger partial charge >= 0.3 is 0 Å². The van der Waals surface area contributed by atoms with Gasteiger partial charge in [0.1, 0.15) is 12.1 Å². The zero-order valence-corrected chi connectivity index (χ0v) is 38.7. The third kappa shape index (κ3) is 11.6. The zero-order valence-electron chi connectivity index (χ0n) is 37.1. The minimum atomic E-state index is -0.982. The SMILES string of the molecule is CC[C@H](NC(=O)[C@H](CSC(c1ccccc1)(c1ccccc1)c1ccccc1)NC(=O)CCC(C)C)C(=O)N[C@@H](CSC(c1ccccc1)(c1ccccc1)c1ccccc1)C(C)=O. The second-order valence-corrected chi connectivity index (χ2v) is 18.8. The summed E-state index contributed by atoms with van der Waals surface area (Å²) in [6.07, 6.45) is 1.19. The third-order valence-corrected chi connectivity index (χ3v) is 14.7. The molecular formula is C55H59N3O4S2. The van der Waals surface area contributed by atoms with E-state index in [0.717, 1.165) is 33.4 Å². The summed E-state index contributed by atoms with van der Waals surface area (Å²) >= 11 is 3.16. The number of rotatable bonds is 22. The van der Waals surface area contributed by atoms with Gasteiger partial charge in [-0.05, 0) is 59.1 Å². The first-order valence-electron chi connectivity index (χ1n) is 22.1. The smallest absolute Gasteiger partial charge is 0.244 e. The van der Waals surface area contributed by atoms with Crippen molar-refractivity contribution in [1.29, 1.82) is 0 Å². The van der Waals surface area contributed by atoms with E-state index in [-0.39, 0.29) is 36.0 Å². The Morgan fingerprint density at radius 2 is 0.750 bits per heavy atom. The van der Waals surface area contributed by atoms with Crippen molar-refractivity contribution in [3.05, 3.63) is 215 Å². The topological polar surface area (TPSA) is 104 Å². The zero-order chi connectivity index (χ0) is 45.4. The first-order valence-corrected chi connectivity index (χ1v) is 24.1. The molecule has 3 atom stereocenters. The molecule has 64 heavy (non-hydrogen) atoms. The van der Waals surface area contributed by atoms with Crippen LogP contribution in [0.15, 0.2) is 182 Å². The van der Waals surface area contributed by atoms with Crippen LogP contribution < -0.4 is 16.0 Å². The van der Waals surface area contributed by atoms with Gasteiger partial charge in [-0.25, -0.2) is 0 Å². The van der Waals surface area contributed by atoms with Gasteiger partial charge in [0, 0.05) is 17.9 Å². The summed E-state index contributed by atoms with van der Waals surface area (Å²) in [6.45, 7) is 7.43. The average molecular weight is 890 g/mol. The number of benzene rings is 6. The van der Waals surface area contributed by atoms with E-state index in [0.29, 0.717) is 12.3 Å². The number of amides is 3. The van der Waals surface area contributed by atoms with Gasteiger partial charge in [-0.2, -0.15) is 0 Å². The number of hydrogen-bond acceptors (Lipinski definition) is 6. The summed E-state index contributed by atoms with van der Waals surface area (Å²) in [7, 11) is 0. The molecule has 9 heteroatoms. The lowest BCUT2D eigenvalue weighted by atomic mass is 9.84. The highest BCUT2D eigenvalue weighted by Gasteiger charge is 2.40. The van der Waals surface area contributed by atoms with E-state index in [1.807, 2.05) is 116 Å². The van der Waals surface area contributed by atoms with Crippen LogP contribution in [-0.2, 0) is 28.7 Å². The Balaban J connectivity index is 1.27. The minimum Gasteiger partial charge on any atom is -0.344 e. The standard InChI is InChI=1S/C55H59N3O4S2/c1-5-48(52(61)58-49(41(4)59)38-63-54(42-24-12-6-13-25-42,43-26-14-7-15-27-43)44-28-16-8-17-29-44)57-53(62)50(56-51(60)37-36-40(2)3)39-64-55(45-30-18-9-19-31-45,46-32-20-10-21-33-46)47-34-22-11-23-35-47/h6-35,40,48-50H,5,36-39H2,1-4H3,(H,56,60)(H,57,62)(H,58,61)/t48-,49-,50-/m0/s1. The molecule has 0 radical (unpaired) electrons. The molecule has 0 aliphatic rings. The number of carbonyl (C=O) groups excluding carboxylic acids is 4. The Morgan fingerprint density at radius 3 is 1.05 bits per heavy atom. The number of Topliss-reactive ketones (excluding diaryl/α,β-unsaturated/α-hetero) is 1. The fourth-order valence-corrected chi connectivity index (χ4v) is 11.2. The van der Waals surface area contributed by atoms with Gasteiger partial charge in [-0.3, -0.25) is 19.2 Å². The maximum absolute atomic E-state index is 14.6. The Bertz CT molecular complexity index is 2190. The summed E-state index contributed by atoms with van der Waals surface area (Å²) in [5, 5.41) is 9.06. The van der Waals surface area contributed by atoms with Gasteiger partial charge < -0.3 is 16.0 Å². The van der Waals surface area contributed by atoms with Crippen molar-refractivity contribution >= 4 is 47.0 Å². The molecule has 0 spiro atoms. The molecule has 0 bridgehead atoms. The fourth-order valence-electron chi connectivity index (χ4n) is 7.98. The first kappa shape index (κ1) is 47.6. The van der Waals surface area contributed by atoms with Gasteiger partial charge in [0.15, 0.2) is 5.78 Å². The monoisotopic (exact) mass is 889 g/mol. The molecule has 3 N–H and O–H groups in total. The lowest BCUT2D eigenvalue weighted by Crippen LogP contribution is -2.56. The van der Waals surface area contributed by atoms with Crippen LogP contribution in [0, 0.1) is 5.92 Å². The summed E-state index contributed by atoms with van der Waals surface area (Å²) in [5.74, 6) is -0.612. The van der Waals surface area contributed by atoms with Gasteiger partial charge in [0.25, 0.3) is 0 Å². The van der Waals surface area contributed by atoms with Crippen molar-refractivity contribution in [3.63, 3.8) is 0 Å². The average Bonchev–Trinajstić information content (AvgIpc) is 3.34. The second kappa shape index (κ2) is 23.2. The molecule has 0 saturated carbocycles. The third-order valence-electron chi connectivity index (χ3n) is 11.5. The summed E-state index contributed by atoms with van der Waals surface area (Å²) in [5.41, 5.74) is 6.20. The van der Waals surface area contributed by atoms with Crippen LogP contribution >= 0.6 is 23.5 Å². The van der Waals surface area contributed by atoms with Crippen molar-refractivity contribution in [1.82, 2.24) is 16.0 Å². The summed E-state index contributed by atoms with van der Waals surface area (Å²) < 4.78 is -1.44. The second-order valence-electron chi connectivity index (χ2n) is 16.4. The Hall–Kier alpha value is -5.90. The molecule has 0 heterocycles. The Labute approximate surface area is 387 Å². The molecule has 6 rings (SSSR count). The molecule has 0 aliphatic carbocycles. The van der Waals surface area contributed by atoms with E-state index in [1.165, 1.54) is 6.92 Å². The first-order chi connectivity index (χ1) is 31.1. The van der Waals surface area contributed by atoms with Crippen molar-refractivity contribution in [2.75, 3.05) is 11.5 Å². The van der Waals surface area contributed by atoms with Crippen LogP contribution in [0.1, 0.15) is 80.3 Å². The van der Waals surface area contributed by atoms with E-state index in [2.05, 4.69) is 103 Å². The minimum absolute atomic E-state index is 0.198. The van der Waals surface area contributed by atoms with Gasteiger partial charge in [0.05, 0.1) is 15.5 Å². The quantitative estimate of drug-likeness (QED) is 0.0587. The van der Waals surface area contributed by atoms with E-state index in [4.69, 9.17) is 0 Å². The maximum atomic E-state index is 14.6. The van der Waals surface area contributed by atoms with Gasteiger partial charge in [-0.15, -0.1) is 23.5 Å². The van der Waals surface area contributed by atoms with Crippen molar-refractivity contribution < 1.29 is 19.2 Å². The molecule has 0 saturated heterocycles. The Morgan fingerprint density at radius 1 is 0.453 bits per heavy atom. The van der Waals surface area contributed by atoms with Crippen LogP contribution in [0.3, 0.4) is 0 Å². The molecule has 330 valence electrons. The molecule has 0 fully saturated rings. The summed E-state index contributed by atoms with van der Waals surface area (Å²) in [6, 6.07) is 58.4. The summed E-state index contributed by atoms with van der Waals surface area (Å²) in [4.78, 5) is 55.8. The largest absolute Gasteiger partial charge is 0.344 e. The van der Waals surface area contributed by atoms with E-state index >= 15 is 0 Å². The Kier molecular flexibility index (Phi) is 17.2. The van der Waals surface area contributed by atoms with Crippen LogP contribution in [0.4, 0.5) is 0 Å². The number of nitrogens with one attached hydrogen (secondary N) is 3. The van der Waals surface area contributed by atoms with Crippen LogP contribution in [0.5, 0.6) is 0 Å². The molecule has 6 aromatic carbocycles. The lowest BCUT2D eigenvalue weighted by molar-refractivity contribution is -0.132. The fraction of sp³-hybridized carbons (Fsp3) is 0.273. The molecule has 6 aromatic rings. The molecule has 0 aromatic heterocycles. The van der Waals surface area contributed by atoms with Gasteiger partial charge in [-0.1, -0.05) is 203 Å². The number of thioether (sulfide) groups is 2. The molecule has 0 aliphatic heterocycles. The predicted molar refractivity (Wildman–Crippen MR) is 264 cm³/mol. The molecule has 3 amide bonds. The number of hydrogen-bond donors (Lipinski definition) is 3. The normalized spacial score (nSPS) is 13.0. The van der Waals surface area contributed by atoms with E-state index in [9.17, 15) is 19.2 Å². The molecule has 0 unspecified atom stereocenters. The van der Waals surface area contributed by atoms with Crippen LogP contribution in [0.2, 0.25) is 0 Å². The van der Waals surface area contributed by atoms with Crippen molar-refractivity contribution in [2.45, 2.75) is 74.6 Å².